The minimum atomic E-state index is -0.125. The minimum Gasteiger partial charge on any atom is -0.512 e. The maximum Gasteiger partial charge on any atom is 0.155 e. The molecule has 3 radical (unpaired) electrons. The molecule has 13 nitrogen and oxygen atoms in total. The quantitative estimate of drug-likeness (QED) is 0.0447. The third-order valence-corrected chi connectivity index (χ3v) is 24.1. The summed E-state index contributed by atoms with van der Waals surface area (Å²) in [5.74, 6) is 7.45. The van der Waals surface area contributed by atoms with E-state index in [2.05, 4.69) is 372 Å². The number of aliphatic hydroxyl groups excluding tert-OH is 1. The molecule has 16 heteroatoms. The molecule has 715 valence electrons. The van der Waals surface area contributed by atoms with Gasteiger partial charge in [0.05, 0.1) is 45.6 Å². The van der Waals surface area contributed by atoms with Gasteiger partial charge in [-0.15, -0.1) is 178 Å². The molecule has 138 heavy (non-hydrogen) atoms. The molecule has 0 bridgehead atoms. The summed E-state index contributed by atoms with van der Waals surface area (Å²) >= 11 is 0. The molecule has 0 saturated heterocycles. The normalized spacial score (nSPS) is 11.4. The van der Waals surface area contributed by atoms with Crippen molar-refractivity contribution in [2.75, 3.05) is 0 Å². The van der Waals surface area contributed by atoms with E-state index in [1.165, 1.54) is 109 Å². The van der Waals surface area contributed by atoms with Crippen LogP contribution in [0.1, 0.15) is 247 Å². The van der Waals surface area contributed by atoms with E-state index in [-0.39, 0.29) is 77.8 Å². The molecule has 7 aromatic heterocycles. The summed E-state index contributed by atoms with van der Waals surface area (Å²) in [5, 5.41) is 14.3. The van der Waals surface area contributed by atoms with Crippen LogP contribution in [0.2, 0.25) is 0 Å². The largest absolute Gasteiger partial charge is 0.512 e. The molecule has 0 saturated carbocycles. The number of furan rings is 2. The number of imidazole rings is 4. The average molecular weight is 2360 g/mol. The molecule has 0 fully saturated rings. The molecule has 0 spiro atoms. The van der Waals surface area contributed by atoms with Crippen molar-refractivity contribution < 1.29 is 79.1 Å². The van der Waals surface area contributed by atoms with E-state index in [1.54, 1.807) is 0 Å². The number of allylic oxidation sites excluding steroid dienone is 2. The fourth-order valence-corrected chi connectivity index (χ4v) is 18.0. The summed E-state index contributed by atoms with van der Waals surface area (Å²) in [4.78, 5) is 33.5. The van der Waals surface area contributed by atoms with Crippen molar-refractivity contribution in [2.45, 2.75) is 206 Å². The van der Waals surface area contributed by atoms with E-state index in [1.807, 2.05) is 116 Å². The van der Waals surface area contributed by atoms with E-state index in [4.69, 9.17) is 23.9 Å². The zero-order chi connectivity index (χ0) is 96.0. The van der Waals surface area contributed by atoms with Crippen LogP contribution in [0.5, 0.6) is 0 Å². The van der Waals surface area contributed by atoms with E-state index in [0.717, 1.165) is 113 Å². The van der Waals surface area contributed by atoms with E-state index >= 15 is 0 Å². The summed E-state index contributed by atoms with van der Waals surface area (Å²) in [5.41, 5.74) is 30.1. The number of pyridine rings is 1. The Labute approximate surface area is 856 Å². The number of aliphatic hydroxyl groups is 1. The second-order valence-electron chi connectivity index (χ2n) is 37.7. The van der Waals surface area contributed by atoms with Gasteiger partial charge in [0.1, 0.15) is 22.3 Å². The zero-order valence-electron chi connectivity index (χ0n) is 83.3. The van der Waals surface area contributed by atoms with Crippen LogP contribution in [0.4, 0.5) is 0 Å². The maximum absolute atomic E-state index is 10.0. The topological polar surface area (TPSA) is 148 Å². The van der Waals surface area contributed by atoms with Gasteiger partial charge in [0.15, 0.2) is 5.78 Å². The molecule has 19 rings (SSSR count). The molecule has 19 aromatic rings. The Kier molecular flexibility index (Phi) is 37.1. The van der Waals surface area contributed by atoms with Crippen LogP contribution in [-0.2, 0) is 71.5 Å². The molecule has 0 atom stereocenters. The fraction of sp³-hybridized carbons (Fsp3) is 0.262. The van der Waals surface area contributed by atoms with Crippen molar-refractivity contribution in [3.8, 4) is 79.6 Å². The first kappa shape index (κ1) is 106. The molecule has 0 aliphatic rings. The molecular weight excluding hydrogens is 2230 g/mol. The number of hydrogen-bond donors (Lipinski definition) is 1. The second kappa shape index (κ2) is 48.3. The van der Waals surface area contributed by atoms with Gasteiger partial charge in [-0.3, -0.25) is 29.7 Å². The van der Waals surface area contributed by atoms with Crippen molar-refractivity contribution in [2.24, 2.45) is 5.92 Å². The van der Waals surface area contributed by atoms with E-state index in [9.17, 15) is 4.79 Å². The van der Waals surface area contributed by atoms with Crippen molar-refractivity contribution in [3.05, 3.63) is 390 Å². The number of aryl methyl sites for hydroxylation is 2. The summed E-state index contributed by atoms with van der Waals surface area (Å²) in [6, 6.07) is 98.3. The smallest absolute Gasteiger partial charge is 0.155 e. The van der Waals surface area contributed by atoms with Crippen molar-refractivity contribution in [1.29, 1.82) is 0 Å². The van der Waals surface area contributed by atoms with Crippen molar-refractivity contribution >= 4 is 60.6 Å². The van der Waals surface area contributed by atoms with E-state index < -0.39 is 0 Å². The van der Waals surface area contributed by atoms with Crippen LogP contribution in [0.15, 0.2) is 307 Å². The van der Waals surface area contributed by atoms with Crippen LogP contribution < -0.4 is 0 Å². The predicted octanol–water partition coefficient (Wildman–Crippen LogP) is 32.7. The molecule has 0 aliphatic heterocycles. The Hall–Kier alpha value is -12.4. The maximum atomic E-state index is 10.0. The van der Waals surface area contributed by atoms with Crippen LogP contribution in [0.25, 0.3) is 134 Å². The summed E-state index contributed by atoms with van der Waals surface area (Å²) in [6.07, 6.45) is 18.0. The van der Waals surface area contributed by atoms with Gasteiger partial charge in [0.2, 0.25) is 0 Å². The second-order valence-corrected chi connectivity index (χ2v) is 37.7. The Morgan fingerprint density at radius 1 is 0.370 bits per heavy atom. The number of hydrogen-bond acceptors (Lipinski definition) is 9. The minimum absolute atomic E-state index is 0. The number of benzene rings is 12. The van der Waals surface area contributed by atoms with Gasteiger partial charge in [-0.25, -0.2) is 0 Å². The Morgan fingerprint density at radius 3 is 1.15 bits per heavy atom. The number of carbonyl (C=O) groups is 1. The number of para-hydroxylation sites is 4. The fourth-order valence-electron chi connectivity index (χ4n) is 18.0. The Bertz CT molecular complexity index is 7070. The van der Waals surface area contributed by atoms with Crippen molar-refractivity contribution in [3.63, 3.8) is 0 Å². The first-order valence-electron chi connectivity index (χ1n) is 47.5. The molecule has 0 aliphatic carbocycles. The molecule has 12 aromatic carbocycles. The molecule has 0 unspecified atom stereocenters. The first-order valence-corrected chi connectivity index (χ1v) is 47.5. The number of aromatic nitrogens is 9. The number of nitrogens with zero attached hydrogens (tertiary/aromatic N) is 9. The molecule has 1 N–H and O–H groups in total. The van der Waals surface area contributed by atoms with Gasteiger partial charge < -0.3 is 32.2 Å². The summed E-state index contributed by atoms with van der Waals surface area (Å²) < 4.78 is 21.7. The summed E-state index contributed by atoms with van der Waals surface area (Å²) in [7, 11) is 0. The number of rotatable bonds is 20. The van der Waals surface area contributed by atoms with Crippen molar-refractivity contribution in [1.82, 2.24) is 43.2 Å². The molecule has 7 heterocycles. The van der Waals surface area contributed by atoms with Gasteiger partial charge in [0.25, 0.3) is 0 Å². The predicted molar refractivity (Wildman–Crippen MR) is 560 cm³/mol. The summed E-state index contributed by atoms with van der Waals surface area (Å²) in [6.45, 7) is 47.5. The SMILES string of the molecule is CC(=O)C=C(C)O.CC(C)c1cc(C(C)C)c2oc3ccccc3c2c1-n1ccnc1-c1[c-]cccc1.CC(C)c1cc2c(oc3ccccc32)c(C(C)C)c1-n1ccnc1-c1[c-]cccc1.CC(C)c1cccc(C(C)C)c1-n1ccnc1-c1[c-]cccc1.CC(C)c1cccc(C(C)C)c1-n1ccnc1-c1[c-]cccc1.Cc1[c-]c(-c2ccc3c(CC(C)C)cccc3n2)cc(C)c1.[Ir].[Ir].[Ir]. The van der Waals surface area contributed by atoms with E-state index in [0.29, 0.717) is 47.3 Å². The van der Waals surface area contributed by atoms with Gasteiger partial charge in [-0.05, 0) is 154 Å². The Morgan fingerprint density at radius 2 is 0.761 bits per heavy atom. The van der Waals surface area contributed by atoms with Gasteiger partial charge in [-0.2, -0.15) is 0 Å². The van der Waals surface area contributed by atoms with Gasteiger partial charge >= 0.3 is 0 Å². The number of fused-ring (bicyclic) bond motifs is 7. The molecule has 0 amide bonds. The monoisotopic (exact) mass is 2360 g/mol. The third-order valence-electron chi connectivity index (χ3n) is 24.1. The number of ketones is 1. The standard InChI is InChI=1S/2C27H25N2O.2C21H23N2.C21H22N.C5H8O2.3Ir/c1-17(2)21-16-22-20-12-8-9-13-23(20)30-26(22)24(18(3)4)25(21)29-15-14-28-27(29)19-10-6-5-7-11-19;1-17(2)21-16-22(18(3)4)26-24(20-12-8-9-13-23(20)30-26)25(21)29-15-14-28-27(29)19-10-6-5-7-11-19;2*1-15(2)18-11-8-12-19(16(3)4)20(18)23-14-13-22-21(23)17-9-6-5-7-10-17;1-14(2)10-17-6-5-7-21-19(17)8-9-20(22-21)18-12-15(3)11-16(4)13-18;1-4(6)3-5(2)7;;;/h2*5-10,12-18H,1-4H3;2*5-9,11-16H,1-4H3;5-9,11-12,14H,10H2,1-4H3;3,6H,1-2H3;;;/q5*-1;;;;. The van der Waals surface area contributed by atoms with Crippen LogP contribution in [0.3, 0.4) is 0 Å². The number of carbonyl (C=O) groups excluding carboxylic acids is 1. The average Bonchev–Trinajstić information content (AvgIpc) is 1.57. The first-order chi connectivity index (χ1) is 65.0. The van der Waals surface area contributed by atoms with Crippen LogP contribution >= 0.6 is 0 Å². The zero-order valence-corrected chi connectivity index (χ0v) is 90.5. The molecular formula is C122H126Ir3N9O4-5. The van der Waals surface area contributed by atoms with Gasteiger partial charge in [0, 0.05) is 160 Å². The van der Waals surface area contributed by atoms with Crippen LogP contribution in [-0.4, -0.2) is 54.1 Å². The van der Waals surface area contributed by atoms with Crippen LogP contribution in [0, 0.1) is 50.1 Å². The van der Waals surface area contributed by atoms with Gasteiger partial charge in [-0.1, -0.05) is 236 Å². The Balaban J connectivity index is 0.000000162. The third kappa shape index (κ3) is 24.3.